The molecule has 2 aliphatic heterocycles. The van der Waals surface area contributed by atoms with Crippen LogP contribution >= 0.6 is 11.6 Å². The summed E-state index contributed by atoms with van der Waals surface area (Å²) in [5.41, 5.74) is 4.21. The average molecular weight is 435 g/mol. The lowest BCUT2D eigenvalue weighted by Crippen LogP contribution is -2.33. The van der Waals surface area contributed by atoms with E-state index in [0.29, 0.717) is 0 Å². The van der Waals surface area contributed by atoms with Crippen LogP contribution in [0.4, 0.5) is 5.82 Å². The van der Waals surface area contributed by atoms with Crippen LogP contribution in [-0.4, -0.2) is 39.1 Å². The SMILES string of the molecule is Cc1cn2nc(C3CCCCN3Cc3ccccc3Cl)cc2nc1N1CCC(C#N)C1. The van der Waals surface area contributed by atoms with Gasteiger partial charge in [0.05, 0.1) is 23.7 Å². The zero-order chi connectivity index (χ0) is 21.4. The van der Waals surface area contributed by atoms with E-state index >= 15 is 0 Å². The van der Waals surface area contributed by atoms with Gasteiger partial charge in [-0.1, -0.05) is 36.2 Å². The van der Waals surface area contributed by atoms with Gasteiger partial charge >= 0.3 is 0 Å². The molecular weight excluding hydrogens is 408 g/mol. The van der Waals surface area contributed by atoms with Crippen molar-refractivity contribution in [1.29, 1.82) is 5.26 Å². The summed E-state index contributed by atoms with van der Waals surface area (Å²) in [4.78, 5) is 9.68. The summed E-state index contributed by atoms with van der Waals surface area (Å²) in [5.74, 6) is 1.08. The fourth-order valence-corrected chi connectivity index (χ4v) is 5.12. The van der Waals surface area contributed by atoms with Crippen LogP contribution in [0.5, 0.6) is 0 Å². The second kappa shape index (κ2) is 8.49. The number of hydrogen-bond donors (Lipinski definition) is 0. The molecule has 0 saturated carbocycles. The van der Waals surface area contributed by atoms with Crippen LogP contribution in [0.15, 0.2) is 36.5 Å². The zero-order valence-electron chi connectivity index (χ0n) is 17.8. The molecule has 0 N–H and O–H groups in total. The minimum Gasteiger partial charge on any atom is -0.355 e. The van der Waals surface area contributed by atoms with E-state index in [1.165, 1.54) is 12.8 Å². The second-order valence-corrected chi connectivity index (χ2v) is 9.16. The smallest absolute Gasteiger partial charge is 0.157 e. The second-order valence-electron chi connectivity index (χ2n) is 8.75. The Morgan fingerprint density at radius 2 is 2.06 bits per heavy atom. The Labute approximate surface area is 188 Å². The topological polar surface area (TPSA) is 60.5 Å². The molecule has 2 saturated heterocycles. The van der Waals surface area contributed by atoms with E-state index in [9.17, 15) is 5.26 Å². The van der Waals surface area contributed by atoms with E-state index in [1.54, 1.807) is 0 Å². The minimum absolute atomic E-state index is 0.0958. The van der Waals surface area contributed by atoms with Crippen molar-refractivity contribution in [2.45, 2.75) is 45.2 Å². The number of nitriles is 1. The third-order valence-electron chi connectivity index (χ3n) is 6.58. The molecule has 7 heteroatoms. The van der Waals surface area contributed by atoms with Crippen molar-refractivity contribution in [2.24, 2.45) is 5.92 Å². The number of hydrogen-bond acceptors (Lipinski definition) is 5. The number of fused-ring (bicyclic) bond motifs is 1. The van der Waals surface area contributed by atoms with Crippen molar-refractivity contribution in [3.63, 3.8) is 0 Å². The summed E-state index contributed by atoms with van der Waals surface area (Å²) < 4.78 is 1.91. The Morgan fingerprint density at radius 1 is 1.19 bits per heavy atom. The summed E-state index contributed by atoms with van der Waals surface area (Å²) in [6.07, 6.45) is 6.48. The summed E-state index contributed by atoms with van der Waals surface area (Å²) >= 11 is 6.44. The highest BCUT2D eigenvalue weighted by atomic mass is 35.5. The number of halogens is 1. The van der Waals surface area contributed by atoms with E-state index in [1.807, 2.05) is 16.6 Å². The van der Waals surface area contributed by atoms with Crippen molar-refractivity contribution >= 4 is 23.1 Å². The van der Waals surface area contributed by atoms with Crippen LogP contribution in [0.2, 0.25) is 5.02 Å². The number of anilines is 1. The molecule has 2 atom stereocenters. The molecule has 2 aromatic heterocycles. The first-order valence-corrected chi connectivity index (χ1v) is 11.5. The molecule has 2 fully saturated rings. The minimum atomic E-state index is 0.0958. The summed E-state index contributed by atoms with van der Waals surface area (Å²) in [6, 6.07) is 12.9. The highest BCUT2D eigenvalue weighted by Crippen LogP contribution is 2.33. The van der Waals surface area contributed by atoms with E-state index in [4.69, 9.17) is 21.7 Å². The van der Waals surface area contributed by atoms with Crippen molar-refractivity contribution < 1.29 is 0 Å². The van der Waals surface area contributed by atoms with Crippen LogP contribution in [0, 0.1) is 24.2 Å². The van der Waals surface area contributed by atoms with Crippen molar-refractivity contribution in [3.8, 4) is 6.07 Å². The largest absolute Gasteiger partial charge is 0.355 e. The first kappa shape index (κ1) is 20.3. The Hall–Kier alpha value is -2.62. The van der Waals surface area contributed by atoms with Crippen LogP contribution < -0.4 is 4.90 Å². The molecule has 0 bridgehead atoms. The van der Waals surface area contributed by atoms with Gasteiger partial charge in [0.15, 0.2) is 5.65 Å². The lowest BCUT2D eigenvalue weighted by molar-refractivity contribution is 0.137. The Morgan fingerprint density at radius 3 is 2.87 bits per heavy atom. The highest BCUT2D eigenvalue weighted by molar-refractivity contribution is 6.31. The quantitative estimate of drug-likeness (QED) is 0.592. The molecule has 2 unspecified atom stereocenters. The number of piperidine rings is 1. The maximum absolute atomic E-state index is 9.24. The van der Waals surface area contributed by atoms with E-state index in [2.05, 4.69) is 47.2 Å². The maximum Gasteiger partial charge on any atom is 0.157 e. The Bertz CT molecular complexity index is 1130. The molecule has 4 heterocycles. The van der Waals surface area contributed by atoms with Gasteiger partial charge in [0.25, 0.3) is 0 Å². The number of likely N-dealkylation sites (tertiary alicyclic amines) is 1. The molecule has 1 aromatic carbocycles. The van der Waals surface area contributed by atoms with Crippen LogP contribution in [0.3, 0.4) is 0 Å². The lowest BCUT2D eigenvalue weighted by Gasteiger charge is -2.34. The number of nitrogens with zero attached hydrogens (tertiary/aromatic N) is 6. The monoisotopic (exact) mass is 434 g/mol. The Balaban J connectivity index is 1.43. The number of benzene rings is 1. The van der Waals surface area contributed by atoms with E-state index in [0.717, 1.165) is 72.3 Å². The molecule has 31 heavy (non-hydrogen) atoms. The van der Waals surface area contributed by atoms with Crippen LogP contribution in [0.25, 0.3) is 5.65 Å². The van der Waals surface area contributed by atoms with E-state index in [-0.39, 0.29) is 12.0 Å². The molecule has 0 amide bonds. The molecule has 6 nitrogen and oxygen atoms in total. The van der Waals surface area contributed by atoms with Crippen molar-refractivity contribution in [3.05, 3.63) is 58.4 Å². The van der Waals surface area contributed by atoms with Gasteiger partial charge in [0.1, 0.15) is 5.82 Å². The molecule has 0 radical (unpaired) electrons. The summed E-state index contributed by atoms with van der Waals surface area (Å²) in [5, 5.41) is 15.0. The third kappa shape index (κ3) is 4.00. The molecule has 5 rings (SSSR count). The molecule has 2 aliphatic rings. The Kier molecular flexibility index (Phi) is 5.56. The molecular formula is C24H27ClN6. The van der Waals surface area contributed by atoms with Crippen LogP contribution in [0.1, 0.15) is 48.5 Å². The predicted octanol–water partition coefficient (Wildman–Crippen LogP) is 4.77. The van der Waals surface area contributed by atoms with Gasteiger partial charge in [-0.25, -0.2) is 9.50 Å². The highest BCUT2D eigenvalue weighted by Gasteiger charge is 2.28. The first-order valence-electron chi connectivity index (χ1n) is 11.1. The fraction of sp³-hybridized carbons (Fsp3) is 0.458. The maximum atomic E-state index is 9.24. The lowest BCUT2D eigenvalue weighted by atomic mass is 9.98. The number of rotatable bonds is 4. The summed E-state index contributed by atoms with van der Waals surface area (Å²) in [6.45, 7) is 5.60. The third-order valence-corrected chi connectivity index (χ3v) is 6.95. The normalized spacial score (nSPS) is 22.2. The van der Waals surface area contributed by atoms with Crippen molar-refractivity contribution in [1.82, 2.24) is 19.5 Å². The van der Waals surface area contributed by atoms with Gasteiger partial charge in [0, 0.05) is 42.5 Å². The molecule has 0 spiro atoms. The summed E-state index contributed by atoms with van der Waals surface area (Å²) in [7, 11) is 0. The van der Waals surface area contributed by atoms with Gasteiger partial charge < -0.3 is 4.90 Å². The molecule has 160 valence electrons. The van der Waals surface area contributed by atoms with Gasteiger partial charge in [-0.05, 0) is 44.4 Å². The number of aryl methyl sites for hydroxylation is 1. The van der Waals surface area contributed by atoms with Crippen LogP contribution in [-0.2, 0) is 6.54 Å². The van der Waals surface area contributed by atoms with Gasteiger partial charge in [-0.2, -0.15) is 10.4 Å². The molecule has 3 aromatic rings. The fourth-order valence-electron chi connectivity index (χ4n) is 4.92. The molecule has 0 aliphatic carbocycles. The first-order chi connectivity index (χ1) is 15.1. The van der Waals surface area contributed by atoms with Gasteiger partial charge in [0.2, 0.25) is 0 Å². The van der Waals surface area contributed by atoms with E-state index < -0.39 is 0 Å². The van der Waals surface area contributed by atoms with Gasteiger partial charge in [-0.3, -0.25) is 4.90 Å². The standard InChI is InChI=1S/C24H27ClN6/c1-17-14-31-23(27-24(17)30-11-9-18(13-26)15-30)12-21(28-31)22-8-4-5-10-29(22)16-19-6-2-3-7-20(19)25/h2-3,6-7,12,14,18,22H,4-5,8-11,15-16H2,1H3. The predicted molar refractivity (Wildman–Crippen MR) is 122 cm³/mol. The average Bonchev–Trinajstić information content (AvgIpc) is 3.41. The van der Waals surface area contributed by atoms with Gasteiger partial charge in [-0.15, -0.1) is 0 Å². The zero-order valence-corrected chi connectivity index (χ0v) is 18.6. The number of aromatic nitrogens is 3. The van der Waals surface area contributed by atoms with Crippen molar-refractivity contribution in [2.75, 3.05) is 24.5 Å².